The van der Waals surface area contributed by atoms with Crippen LogP contribution in [0, 0.1) is 11.8 Å². The van der Waals surface area contributed by atoms with Gasteiger partial charge >= 0.3 is 5.97 Å². The Kier molecular flexibility index (Phi) is 4.40. The summed E-state index contributed by atoms with van der Waals surface area (Å²) in [7, 11) is 0. The zero-order valence-corrected chi connectivity index (χ0v) is 17.9. The van der Waals surface area contributed by atoms with Crippen molar-refractivity contribution in [2.75, 3.05) is 6.54 Å². The quantitative estimate of drug-likeness (QED) is 0.578. The fraction of sp³-hybridized carbons (Fsp3) is 0.261. The van der Waals surface area contributed by atoms with Crippen LogP contribution in [0.25, 0.3) is 5.69 Å². The Morgan fingerprint density at radius 3 is 2.67 bits per heavy atom. The Morgan fingerprint density at radius 2 is 1.94 bits per heavy atom. The van der Waals surface area contributed by atoms with Crippen molar-refractivity contribution in [2.45, 2.75) is 17.7 Å². The Labute approximate surface area is 193 Å². The zero-order chi connectivity index (χ0) is 22.7. The molecule has 4 heterocycles. The van der Waals surface area contributed by atoms with E-state index in [9.17, 15) is 14.7 Å². The van der Waals surface area contributed by atoms with Crippen LogP contribution >= 0.6 is 11.6 Å². The van der Waals surface area contributed by atoms with E-state index in [0.717, 1.165) is 5.56 Å². The largest absolute Gasteiger partial charge is 0.481 e. The zero-order valence-electron chi connectivity index (χ0n) is 17.2. The van der Waals surface area contributed by atoms with Crippen molar-refractivity contribution in [3.05, 3.63) is 83.2 Å². The number of nitrogens with zero attached hydrogens (tertiary/aromatic N) is 5. The summed E-state index contributed by atoms with van der Waals surface area (Å²) < 4.78 is 7.63. The molecule has 0 aliphatic carbocycles. The van der Waals surface area contributed by atoms with Gasteiger partial charge in [-0.2, -0.15) is 4.68 Å². The van der Waals surface area contributed by atoms with Crippen LogP contribution < -0.4 is 0 Å². The Morgan fingerprint density at radius 1 is 1.18 bits per heavy atom. The van der Waals surface area contributed by atoms with Crippen molar-refractivity contribution in [1.82, 2.24) is 25.1 Å². The number of carbonyl (C=O) groups excluding carboxylic acids is 1. The van der Waals surface area contributed by atoms with Crippen molar-refractivity contribution in [3.63, 3.8) is 0 Å². The number of ether oxygens (including phenoxy) is 1. The lowest BCUT2D eigenvalue weighted by atomic mass is 9.77. The van der Waals surface area contributed by atoms with E-state index >= 15 is 0 Å². The van der Waals surface area contributed by atoms with Gasteiger partial charge in [0.2, 0.25) is 5.91 Å². The molecule has 1 amide bonds. The van der Waals surface area contributed by atoms with Gasteiger partial charge < -0.3 is 14.7 Å². The lowest BCUT2D eigenvalue weighted by Gasteiger charge is -2.29. The van der Waals surface area contributed by atoms with E-state index in [1.165, 1.54) is 0 Å². The number of tetrazole rings is 1. The molecule has 1 spiro atoms. The third-order valence-electron chi connectivity index (χ3n) is 6.65. The summed E-state index contributed by atoms with van der Waals surface area (Å²) >= 11 is 6.04. The highest BCUT2D eigenvalue weighted by Gasteiger charge is 2.68. The van der Waals surface area contributed by atoms with Crippen molar-refractivity contribution in [2.24, 2.45) is 11.8 Å². The third-order valence-corrected chi connectivity index (χ3v) is 6.90. The highest BCUT2D eigenvalue weighted by molar-refractivity contribution is 6.30. The van der Waals surface area contributed by atoms with Gasteiger partial charge in [-0.25, -0.2) is 0 Å². The van der Waals surface area contributed by atoms with Crippen molar-refractivity contribution >= 4 is 23.5 Å². The number of benzene rings is 2. The maximum atomic E-state index is 13.7. The van der Waals surface area contributed by atoms with Gasteiger partial charge in [-0.1, -0.05) is 54.1 Å². The average Bonchev–Trinajstić information content (AvgIpc) is 3.57. The summed E-state index contributed by atoms with van der Waals surface area (Å²) in [6.45, 7) is 0.209. The Balaban J connectivity index is 1.47. The average molecular weight is 464 g/mol. The molecule has 10 heteroatoms. The first-order valence-electron chi connectivity index (χ1n) is 10.5. The van der Waals surface area contributed by atoms with Crippen LogP contribution in [-0.2, 0) is 14.3 Å². The molecule has 2 bridgehead atoms. The van der Waals surface area contributed by atoms with Crippen LogP contribution in [0.2, 0.25) is 5.02 Å². The van der Waals surface area contributed by atoms with Gasteiger partial charge in [0.05, 0.1) is 24.3 Å². The first-order valence-corrected chi connectivity index (χ1v) is 10.9. The number of fused-ring (bicyclic) bond motifs is 1. The molecule has 9 nitrogen and oxygen atoms in total. The molecule has 0 radical (unpaired) electrons. The minimum Gasteiger partial charge on any atom is -0.481 e. The van der Waals surface area contributed by atoms with E-state index in [2.05, 4.69) is 15.5 Å². The molecule has 33 heavy (non-hydrogen) atoms. The first kappa shape index (κ1) is 20.1. The second-order valence-electron chi connectivity index (χ2n) is 8.44. The molecule has 2 aromatic carbocycles. The van der Waals surface area contributed by atoms with Crippen LogP contribution in [0.15, 0.2) is 66.7 Å². The number of carboxylic acid groups (broad SMARTS) is 1. The number of amides is 1. The van der Waals surface area contributed by atoms with Crippen LogP contribution in [0.5, 0.6) is 0 Å². The number of carboxylic acids is 1. The second kappa shape index (κ2) is 7.23. The summed E-state index contributed by atoms with van der Waals surface area (Å²) in [5, 5.41) is 22.7. The highest BCUT2D eigenvalue weighted by Crippen LogP contribution is 2.53. The van der Waals surface area contributed by atoms with Gasteiger partial charge in [-0.3, -0.25) is 9.59 Å². The van der Waals surface area contributed by atoms with Gasteiger partial charge in [-0.15, -0.1) is 5.10 Å². The summed E-state index contributed by atoms with van der Waals surface area (Å²) in [6.07, 6.45) is 3.00. The molecule has 3 aromatic rings. The molecule has 2 fully saturated rings. The van der Waals surface area contributed by atoms with E-state index in [-0.39, 0.29) is 12.5 Å². The molecule has 3 aliphatic heterocycles. The molecular weight excluding hydrogens is 446 g/mol. The summed E-state index contributed by atoms with van der Waals surface area (Å²) in [5.41, 5.74) is 0.527. The van der Waals surface area contributed by atoms with E-state index in [0.29, 0.717) is 16.5 Å². The molecule has 166 valence electrons. The predicted octanol–water partition coefficient (Wildman–Crippen LogP) is 2.27. The molecule has 0 saturated carbocycles. The number of hydrogen-bond donors (Lipinski definition) is 1. The topological polar surface area (TPSA) is 110 Å². The molecule has 5 atom stereocenters. The summed E-state index contributed by atoms with van der Waals surface area (Å²) in [6, 6.07) is 15.8. The van der Waals surface area contributed by atoms with Crippen molar-refractivity contribution in [3.8, 4) is 5.69 Å². The maximum absolute atomic E-state index is 13.7. The lowest BCUT2D eigenvalue weighted by molar-refractivity contribution is -0.148. The second-order valence-corrected chi connectivity index (χ2v) is 8.88. The molecule has 2 saturated heterocycles. The van der Waals surface area contributed by atoms with Crippen LogP contribution in [0.4, 0.5) is 0 Å². The fourth-order valence-corrected chi connectivity index (χ4v) is 5.39. The number of aromatic nitrogens is 4. The van der Waals surface area contributed by atoms with E-state index in [1.807, 2.05) is 36.4 Å². The van der Waals surface area contributed by atoms with Crippen molar-refractivity contribution in [1.29, 1.82) is 0 Å². The van der Waals surface area contributed by atoms with E-state index < -0.39 is 35.6 Å². The minimum absolute atomic E-state index is 0.209. The molecular formula is C23H18ClN5O4. The standard InChI is InChI=1S/C23H18ClN5O4/c24-14-6-8-15(9-7-14)29-20(25-26-27-29)19(13-4-2-1-3-5-13)28-12-23-11-10-16(33-23)17(22(31)32)18(23)21(28)30/h1-11,16-19H,12H2,(H,31,32)/t16-,17-,18+,19-,23-/m1/s1. The van der Waals surface area contributed by atoms with Gasteiger partial charge in [0, 0.05) is 5.02 Å². The van der Waals surface area contributed by atoms with E-state index in [1.54, 1.807) is 39.9 Å². The maximum Gasteiger partial charge on any atom is 0.310 e. The van der Waals surface area contributed by atoms with Crippen LogP contribution in [0.3, 0.4) is 0 Å². The predicted molar refractivity (Wildman–Crippen MR) is 116 cm³/mol. The fourth-order valence-electron chi connectivity index (χ4n) is 5.26. The molecule has 0 unspecified atom stereocenters. The van der Waals surface area contributed by atoms with Gasteiger partial charge in [-0.05, 0) is 40.3 Å². The number of rotatable bonds is 5. The van der Waals surface area contributed by atoms with Gasteiger partial charge in [0.25, 0.3) is 0 Å². The van der Waals surface area contributed by atoms with Crippen LogP contribution in [0.1, 0.15) is 17.4 Å². The van der Waals surface area contributed by atoms with Gasteiger partial charge in [0.1, 0.15) is 17.6 Å². The third kappa shape index (κ3) is 2.93. The first-order chi connectivity index (χ1) is 16.0. The number of halogens is 1. The highest BCUT2D eigenvalue weighted by atomic mass is 35.5. The van der Waals surface area contributed by atoms with Crippen LogP contribution in [-0.4, -0.2) is 60.3 Å². The molecule has 1 N–H and O–H groups in total. The normalized spacial score (nSPS) is 28.3. The SMILES string of the molecule is O=C(O)[C@H]1[C@H]2C(=O)N([C@H](c3ccccc3)c3nnnn3-c3ccc(Cl)cc3)C[C@]23C=C[C@H]1O3. The lowest BCUT2D eigenvalue weighted by Crippen LogP contribution is -2.39. The number of aliphatic carboxylic acids is 1. The minimum atomic E-state index is -1.03. The molecule has 3 aliphatic rings. The summed E-state index contributed by atoms with van der Waals surface area (Å²) in [4.78, 5) is 27.4. The number of likely N-dealkylation sites (tertiary alicyclic amines) is 1. The Bertz CT molecular complexity index is 1280. The number of carbonyl (C=O) groups is 2. The summed E-state index contributed by atoms with van der Waals surface area (Å²) in [5.74, 6) is -2.60. The van der Waals surface area contributed by atoms with E-state index in [4.69, 9.17) is 16.3 Å². The smallest absolute Gasteiger partial charge is 0.310 e. The number of hydrogen-bond acceptors (Lipinski definition) is 6. The molecule has 1 aromatic heterocycles. The van der Waals surface area contributed by atoms with Crippen molar-refractivity contribution < 1.29 is 19.4 Å². The monoisotopic (exact) mass is 463 g/mol. The van der Waals surface area contributed by atoms with Gasteiger partial charge in [0.15, 0.2) is 5.82 Å². The molecule has 6 rings (SSSR count). The Hall–Kier alpha value is -3.56.